The van der Waals surface area contributed by atoms with Crippen LogP contribution in [0, 0.1) is 0 Å². The first-order valence-corrected chi connectivity index (χ1v) is 6.92. The van der Waals surface area contributed by atoms with Gasteiger partial charge in [0.15, 0.2) is 0 Å². The predicted molar refractivity (Wildman–Crippen MR) is 77.2 cm³/mol. The zero-order valence-corrected chi connectivity index (χ0v) is 12.5. The lowest BCUT2D eigenvalue weighted by Gasteiger charge is -2.28. The Bertz CT molecular complexity index is 381. The van der Waals surface area contributed by atoms with Crippen LogP contribution in [0.2, 0.25) is 0 Å². The Morgan fingerprint density at radius 3 is 2.42 bits per heavy atom. The molecule has 0 amide bonds. The molecule has 0 radical (unpaired) electrons. The maximum Gasteiger partial charge on any atom is 0.306 e. The molecule has 106 valence electrons. The number of nitrogens with one attached hydrogen (secondary N) is 1. The van der Waals surface area contributed by atoms with Crippen LogP contribution in [0.25, 0.3) is 0 Å². The second kappa shape index (κ2) is 7.29. The maximum absolute atomic E-state index is 11.6. The Labute approximate surface area is 116 Å². The maximum atomic E-state index is 11.6. The second-order valence-electron chi connectivity index (χ2n) is 5.99. The minimum Gasteiger partial charge on any atom is -0.460 e. The normalized spacial score (nSPS) is 13.1. The molecule has 1 aromatic carbocycles. The number of carbonyl (C=O) groups is 1. The van der Waals surface area contributed by atoms with Crippen LogP contribution in [0.15, 0.2) is 30.3 Å². The van der Waals surface area contributed by atoms with Gasteiger partial charge in [-0.15, -0.1) is 0 Å². The summed E-state index contributed by atoms with van der Waals surface area (Å²) in [7, 11) is 2.12. The Morgan fingerprint density at radius 1 is 1.21 bits per heavy atom. The summed E-state index contributed by atoms with van der Waals surface area (Å²) in [6.45, 7) is 7.88. The highest BCUT2D eigenvalue weighted by atomic mass is 16.5. The molecule has 3 nitrogen and oxygen atoms in total. The number of rotatable bonds is 6. The zero-order valence-electron chi connectivity index (χ0n) is 12.5. The monoisotopic (exact) mass is 264 g/mol. The molecule has 0 aliphatic carbocycles. The van der Waals surface area contributed by atoms with Crippen molar-refractivity contribution in [3.63, 3.8) is 0 Å². The van der Waals surface area contributed by atoms with E-state index in [2.05, 4.69) is 27.8 Å². The Morgan fingerprint density at radius 2 is 1.84 bits per heavy atom. The average Bonchev–Trinajstić information content (AvgIpc) is 2.36. The van der Waals surface area contributed by atoms with Gasteiger partial charge in [-0.1, -0.05) is 30.3 Å². The van der Waals surface area contributed by atoms with Crippen molar-refractivity contribution in [2.45, 2.75) is 39.2 Å². The minimum absolute atomic E-state index is 0.106. The highest BCUT2D eigenvalue weighted by molar-refractivity contribution is 5.69. The van der Waals surface area contributed by atoms with E-state index >= 15 is 0 Å². The number of hydrogen-bond acceptors (Lipinski definition) is 2. The average molecular weight is 264 g/mol. The molecule has 1 rings (SSSR count). The molecule has 0 bridgehead atoms. The lowest BCUT2D eigenvalue weighted by molar-refractivity contribution is -0.927. The smallest absolute Gasteiger partial charge is 0.306 e. The molecule has 0 heterocycles. The van der Waals surface area contributed by atoms with Crippen LogP contribution >= 0.6 is 0 Å². The summed E-state index contributed by atoms with van der Waals surface area (Å²) >= 11 is 0. The molecule has 0 aromatic heterocycles. The fourth-order valence-electron chi connectivity index (χ4n) is 1.66. The molecule has 1 aromatic rings. The fraction of sp³-hybridized carbons (Fsp3) is 0.562. The summed E-state index contributed by atoms with van der Waals surface area (Å²) in [6.07, 6.45) is 1.21. The van der Waals surface area contributed by atoms with Crippen LogP contribution in [0.4, 0.5) is 0 Å². The van der Waals surface area contributed by atoms with Crippen molar-refractivity contribution in [1.82, 2.24) is 0 Å². The fourth-order valence-corrected chi connectivity index (χ4v) is 1.66. The van der Waals surface area contributed by atoms with E-state index in [1.807, 2.05) is 30.3 Å². The van der Waals surface area contributed by atoms with E-state index < -0.39 is 0 Å². The van der Waals surface area contributed by atoms with E-state index in [4.69, 9.17) is 4.74 Å². The molecular weight excluding hydrogens is 238 g/mol. The van der Waals surface area contributed by atoms with Crippen molar-refractivity contribution in [3.8, 4) is 0 Å². The minimum atomic E-state index is -0.106. The van der Waals surface area contributed by atoms with E-state index in [0.717, 1.165) is 13.0 Å². The van der Waals surface area contributed by atoms with Gasteiger partial charge in [0.05, 0.1) is 12.6 Å². The number of aryl methyl sites for hydroxylation is 1. The molecule has 0 aliphatic rings. The van der Waals surface area contributed by atoms with Gasteiger partial charge < -0.3 is 9.64 Å². The zero-order chi connectivity index (χ0) is 14.3. The van der Waals surface area contributed by atoms with Crippen molar-refractivity contribution in [2.75, 3.05) is 20.2 Å². The van der Waals surface area contributed by atoms with Crippen molar-refractivity contribution in [1.29, 1.82) is 0 Å². The first-order valence-electron chi connectivity index (χ1n) is 6.92. The Hall–Kier alpha value is -1.35. The third kappa shape index (κ3) is 6.39. The topological polar surface area (TPSA) is 30.7 Å². The Balaban J connectivity index is 2.19. The molecule has 0 aliphatic heterocycles. The summed E-state index contributed by atoms with van der Waals surface area (Å²) in [4.78, 5) is 13.0. The van der Waals surface area contributed by atoms with Gasteiger partial charge in [0.25, 0.3) is 0 Å². The van der Waals surface area contributed by atoms with E-state index in [1.54, 1.807) is 0 Å². The predicted octanol–water partition coefficient (Wildman–Crippen LogP) is 1.48. The Kier molecular flexibility index (Phi) is 6.03. The van der Waals surface area contributed by atoms with Crippen LogP contribution in [-0.4, -0.2) is 31.7 Å². The van der Waals surface area contributed by atoms with Crippen molar-refractivity contribution in [3.05, 3.63) is 35.9 Å². The molecular formula is C16H26NO2+. The van der Waals surface area contributed by atoms with Gasteiger partial charge in [-0.3, -0.25) is 4.79 Å². The number of hydrogen-bond donors (Lipinski definition) is 1. The summed E-state index contributed by atoms with van der Waals surface area (Å²) < 4.78 is 5.27. The summed E-state index contributed by atoms with van der Waals surface area (Å²) in [5, 5.41) is 0. The van der Waals surface area contributed by atoms with E-state index in [-0.39, 0.29) is 11.5 Å². The highest BCUT2D eigenvalue weighted by Crippen LogP contribution is 2.03. The van der Waals surface area contributed by atoms with E-state index in [1.165, 1.54) is 10.5 Å². The molecule has 19 heavy (non-hydrogen) atoms. The summed E-state index contributed by atoms with van der Waals surface area (Å²) in [5.41, 5.74) is 1.37. The molecule has 1 N–H and O–H groups in total. The largest absolute Gasteiger partial charge is 0.460 e. The summed E-state index contributed by atoms with van der Waals surface area (Å²) in [6, 6.07) is 10.0. The summed E-state index contributed by atoms with van der Waals surface area (Å²) in [5.74, 6) is -0.106. The third-order valence-corrected chi connectivity index (χ3v) is 3.48. The molecule has 0 spiro atoms. The quantitative estimate of drug-likeness (QED) is 0.789. The van der Waals surface area contributed by atoms with Gasteiger partial charge in [-0.2, -0.15) is 0 Å². The van der Waals surface area contributed by atoms with Crippen LogP contribution in [0.5, 0.6) is 0 Å². The van der Waals surface area contributed by atoms with Crippen LogP contribution in [0.3, 0.4) is 0 Å². The molecule has 0 saturated carbocycles. The number of quaternary nitrogens is 1. The van der Waals surface area contributed by atoms with Gasteiger partial charge in [0.1, 0.15) is 13.2 Å². The van der Waals surface area contributed by atoms with Gasteiger partial charge >= 0.3 is 5.97 Å². The number of benzene rings is 1. The lowest BCUT2D eigenvalue weighted by atomic mass is 10.1. The molecule has 1 atom stereocenters. The van der Waals surface area contributed by atoms with Crippen LogP contribution in [-0.2, 0) is 16.0 Å². The standard InChI is InChI=1S/C16H25NO2/c1-16(2,3)17(4)12-13-19-15(18)11-10-14-8-6-5-7-9-14/h5-9H,10-13H2,1-4H3/p+1. The molecule has 1 unspecified atom stereocenters. The van der Waals surface area contributed by atoms with Crippen LogP contribution < -0.4 is 4.90 Å². The first-order chi connectivity index (χ1) is 8.89. The molecule has 0 fully saturated rings. The van der Waals surface area contributed by atoms with Crippen LogP contribution in [0.1, 0.15) is 32.8 Å². The second-order valence-corrected chi connectivity index (χ2v) is 5.99. The third-order valence-electron chi connectivity index (χ3n) is 3.48. The first kappa shape index (κ1) is 15.7. The lowest BCUT2D eigenvalue weighted by Crippen LogP contribution is -3.16. The van der Waals surface area contributed by atoms with E-state index in [9.17, 15) is 4.79 Å². The van der Waals surface area contributed by atoms with E-state index in [0.29, 0.717) is 13.0 Å². The molecule has 3 heteroatoms. The molecule has 0 saturated heterocycles. The van der Waals surface area contributed by atoms with Gasteiger partial charge in [0, 0.05) is 6.42 Å². The number of likely N-dealkylation sites (N-methyl/N-ethyl adjacent to an activating group) is 1. The van der Waals surface area contributed by atoms with Crippen molar-refractivity contribution in [2.24, 2.45) is 0 Å². The number of ether oxygens (including phenoxy) is 1. The van der Waals surface area contributed by atoms with Crippen molar-refractivity contribution >= 4 is 5.97 Å². The number of carbonyl (C=O) groups excluding carboxylic acids is 1. The van der Waals surface area contributed by atoms with Gasteiger partial charge in [-0.05, 0) is 32.8 Å². The van der Waals surface area contributed by atoms with Crippen molar-refractivity contribution < 1.29 is 14.4 Å². The van der Waals surface area contributed by atoms with Gasteiger partial charge in [0.2, 0.25) is 0 Å². The highest BCUT2D eigenvalue weighted by Gasteiger charge is 2.20. The van der Waals surface area contributed by atoms with Gasteiger partial charge in [-0.25, -0.2) is 0 Å². The SMILES string of the molecule is C[NH+](CCOC(=O)CCc1ccccc1)C(C)(C)C. The number of esters is 1.